The summed E-state index contributed by atoms with van der Waals surface area (Å²) in [6.45, 7) is 10.7. The summed E-state index contributed by atoms with van der Waals surface area (Å²) in [6, 6.07) is 5.85. The van der Waals surface area contributed by atoms with E-state index in [2.05, 4.69) is 42.0 Å². The molecule has 1 aromatic carbocycles. The highest BCUT2D eigenvalue weighted by molar-refractivity contribution is 6.06. The second-order valence-electron chi connectivity index (χ2n) is 8.75. The van der Waals surface area contributed by atoms with Gasteiger partial charge in [-0.3, -0.25) is 9.48 Å². The van der Waals surface area contributed by atoms with E-state index in [-0.39, 0.29) is 17.8 Å². The van der Waals surface area contributed by atoms with Crippen LogP contribution in [-0.4, -0.2) is 35.3 Å². The lowest BCUT2D eigenvalue weighted by atomic mass is 9.96. The van der Waals surface area contributed by atoms with Gasteiger partial charge < -0.3 is 5.11 Å². The van der Waals surface area contributed by atoms with Crippen molar-refractivity contribution in [1.29, 1.82) is 0 Å². The van der Waals surface area contributed by atoms with Crippen molar-refractivity contribution in [3.05, 3.63) is 47.5 Å². The van der Waals surface area contributed by atoms with E-state index in [0.29, 0.717) is 17.0 Å². The first-order valence-electron chi connectivity index (χ1n) is 9.64. The number of nitrogens with zero attached hydrogens (tertiary/aromatic N) is 5. The molecule has 0 saturated heterocycles. The number of aromatic nitrogens is 5. The summed E-state index contributed by atoms with van der Waals surface area (Å²) in [5.74, 6) is -0.0487. The Morgan fingerprint density at radius 2 is 1.90 bits per heavy atom. The van der Waals surface area contributed by atoms with Gasteiger partial charge in [0.15, 0.2) is 11.4 Å². The molecule has 3 heterocycles. The molecule has 0 atom stereocenters. The lowest BCUT2D eigenvalue weighted by Gasteiger charge is -2.19. The summed E-state index contributed by atoms with van der Waals surface area (Å²) < 4.78 is 3.61. The van der Waals surface area contributed by atoms with Crippen LogP contribution in [0.15, 0.2) is 30.6 Å². The number of aliphatic hydroxyl groups excluding tert-OH is 1. The number of Topliss-reactive ketones (excluding diaryl/α,β-unsaturated/α-hetero) is 1. The Hall–Kier alpha value is -3.06. The molecule has 0 unspecified atom stereocenters. The topological polar surface area (TPSA) is 85.3 Å². The summed E-state index contributed by atoms with van der Waals surface area (Å²) >= 11 is 0. The van der Waals surface area contributed by atoms with Gasteiger partial charge in [-0.25, -0.2) is 9.50 Å². The van der Waals surface area contributed by atoms with Crippen LogP contribution in [0.3, 0.4) is 0 Å². The van der Waals surface area contributed by atoms with Crippen molar-refractivity contribution in [2.24, 2.45) is 5.41 Å². The molecule has 7 heteroatoms. The van der Waals surface area contributed by atoms with E-state index in [1.165, 1.54) is 0 Å². The summed E-state index contributed by atoms with van der Waals surface area (Å²) in [6.07, 6.45) is 3.67. The van der Waals surface area contributed by atoms with E-state index >= 15 is 0 Å². The summed E-state index contributed by atoms with van der Waals surface area (Å²) in [4.78, 5) is 16.7. The highest BCUT2D eigenvalue weighted by Gasteiger charge is 2.21. The number of hydrogen-bond donors (Lipinski definition) is 1. The zero-order valence-electron chi connectivity index (χ0n) is 17.4. The van der Waals surface area contributed by atoms with Crippen LogP contribution < -0.4 is 0 Å². The second-order valence-corrected chi connectivity index (χ2v) is 8.75. The van der Waals surface area contributed by atoms with Crippen LogP contribution in [0.1, 0.15) is 49.4 Å². The molecule has 0 aliphatic carbocycles. The predicted octanol–water partition coefficient (Wildman–Crippen LogP) is 3.80. The molecule has 0 saturated carbocycles. The highest BCUT2D eigenvalue weighted by atomic mass is 16.3. The van der Waals surface area contributed by atoms with Gasteiger partial charge in [-0.05, 0) is 35.6 Å². The molecule has 0 aliphatic heterocycles. The van der Waals surface area contributed by atoms with Gasteiger partial charge in [0.25, 0.3) is 0 Å². The monoisotopic (exact) mass is 391 g/mol. The molecule has 0 aliphatic rings. The Kier molecular flexibility index (Phi) is 4.50. The Balaban J connectivity index is 1.90. The van der Waals surface area contributed by atoms with Crippen LogP contribution in [0.4, 0.5) is 0 Å². The van der Waals surface area contributed by atoms with E-state index in [0.717, 1.165) is 34.1 Å². The van der Waals surface area contributed by atoms with Crippen LogP contribution in [0.5, 0.6) is 0 Å². The second kappa shape index (κ2) is 6.77. The molecule has 150 valence electrons. The van der Waals surface area contributed by atoms with Crippen LogP contribution in [0.2, 0.25) is 0 Å². The number of rotatable bonds is 4. The van der Waals surface area contributed by atoms with Crippen molar-refractivity contribution >= 4 is 22.3 Å². The zero-order valence-corrected chi connectivity index (χ0v) is 17.4. The van der Waals surface area contributed by atoms with Gasteiger partial charge in [-0.15, -0.1) is 0 Å². The zero-order chi connectivity index (χ0) is 20.9. The lowest BCUT2D eigenvalue weighted by Crippen LogP contribution is -2.17. The molecular formula is C22H25N5O2. The van der Waals surface area contributed by atoms with Crippen LogP contribution in [0, 0.1) is 12.3 Å². The average molecular weight is 391 g/mol. The fourth-order valence-corrected chi connectivity index (χ4v) is 3.67. The van der Waals surface area contributed by atoms with Gasteiger partial charge >= 0.3 is 0 Å². The minimum Gasteiger partial charge on any atom is -0.390 e. The Morgan fingerprint density at radius 1 is 1.14 bits per heavy atom. The lowest BCUT2D eigenvalue weighted by molar-refractivity contribution is 0.101. The smallest absolute Gasteiger partial charge is 0.180 e. The largest absolute Gasteiger partial charge is 0.390 e. The van der Waals surface area contributed by atoms with E-state index in [4.69, 9.17) is 0 Å². The van der Waals surface area contributed by atoms with E-state index < -0.39 is 0 Å². The van der Waals surface area contributed by atoms with Crippen molar-refractivity contribution in [3.8, 4) is 11.1 Å². The van der Waals surface area contributed by atoms with E-state index in [1.54, 1.807) is 23.7 Å². The Morgan fingerprint density at radius 3 is 2.55 bits per heavy atom. The minimum atomic E-state index is -0.126. The van der Waals surface area contributed by atoms with Crippen molar-refractivity contribution in [1.82, 2.24) is 24.4 Å². The number of carbonyl (C=O) groups is 1. The van der Waals surface area contributed by atoms with Crippen molar-refractivity contribution in [2.45, 2.75) is 47.8 Å². The molecule has 29 heavy (non-hydrogen) atoms. The number of fused-ring (bicyclic) bond motifs is 2. The van der Waals surface area contributed by atoms with Crippen molar-refractivity contribution < 1.29 is 9.90 Å². The molecule has 4 aromatic rings. The predicted molar refractivity (Wildman–Crippen MR) is 112 cm³/mol. The minimum absolute atomic E-state index is 0.0393. The van der Waals surface area contributed by atoms with E-state index in [1.807, 2.05) is 23.9 Å². The van der Waals surface area contributed by atoms with Crippen molar-refractivity contribution in [3.63, 3.8) is 0 Å². The van der Waals surface area contributed by atoms with Crippen LogP contribution in [0.25, 0.3) is 27.7 Å². The number of ketones is 1. The van der Waals surface area contributed by atoms with Gasteiger partial charge in [0.2, 0.25) is 0 Å². The van der Waals surface area contributed by atoms with E-state index in [9.17, 15) is 9.90 Å². The molecule has 0 radical (unpaired) electrons. The van der Waals surface area contributed by atoms with Gasteiger partial charge in [-0.2, -0.15) is 10.2 Å². The summed E-state index contributed by atoms with van der Waals surface area (Å²) in [7, 11) is 0. The summed E-state index contributed by atoms with van der Waals surface area (Å²) in [5.41, 5.74) is 5.66. The number of carbonyl (C=O) groups excluding carboxylic acids is 1. The highest BCUT2D eigenvalue weighted by Crippen LogP contribution is 2.31. The number of benzene rings is 1. The summed E-state index contributed by atoms with van der Waals surface area (Å²) in [5, 5.41) is 19.1. The maximum absolute atomic E-state index is 12.3. The third-order valence-corrected chi connectivity index (χ3v) is 4.85. The normalized spacial score (nSPS) is 12.2. The number of aryl methyl sites for hydroxylation is 1. The first-order chi connectivity index (χ1) is 13.7. The molecule has 7 nitrogen and oxygen atoms in total. The fraction of sp³-hybridized carbons (Fsp3) is 0.364. The molecular weight excluding hydrogens is 366 g/mol. The fourth-order valence-electron chi connectivity index (χ4n) is 3.67. The standard InChI is InChI=1S/C22H25N5O2/c1-13-6-15(16-9-23-19-8-17(11-28)24-26(19)10-16)7-18-20(14(2)29)25-27(21(13)18)12-22(3,4)5/h6-10,28H,11-12H2,1-5H3. The SMILES string of the molecule is CC(=O)c1nn(CC(C)(C)C)c2c(C)cc(-c3cnc4cc(CO)nn4c3)cc12. The molecule has 0 fully saturated rings. The maximum atomic E-state index is 12.3. The van der Waals surface area contributed by atoms with Crippen molar-refractivity contribution in [2.75, 3.05) is 0 Å². The van der Waals surface area contributed by atoms with Gasteiger partial charge in [0, 0.05) is 42.9 Å². The molecule has 0 amide bonds. The molecule has 3 aromatic heterocycles. The molecule has 1 N–H and O–H groups in total. The van der Waals surface area contributed by atoms with Gasteiger partial charge in [0.05, 0.1) is 17.8 Å². The maximum Gasteiger partial charge on any atom is 0.180 e. The van der Waals surface area contributed by atoms with Crippen LogP contribution >= 0.6 is 0 Å². The third kappa shape index (κ3) is 3.53. The average Bonchev–Trinajstić information content (AvgIpc) is 3.21. The molecule has 4 rings (SSSR count). The first kappa shape index (κ1) is 19.3. The van der Waals surface area contributed by atoms with Crippen LogP contribution in [-0.2, 0) is 13.2 Å². The van der Waals surface area contributed by atoms with Gasteiger partial charge in [0.1, 0.15) is 5.69 Å². The number of aliphatic hydroxyl groups is 1. The quantitative estimate of drug-likeness (QED) is 0.535. The molecule has 0 bridgehead atoms. The number of hydrogen-bond acceptors (Lipinski definition) is 5. The Labute approximate surface area is 169 Å². The van der Waals surface area contributed by atoms with Gasteiger partial charge in [-0.1, -0.05) is 20.8 Å². The first-order valence-corrected chi connectivity index (χ1v) is 9.64. The third-order valence-electron chi connectivity index (χ3n) is 4.85. The Bertz CT molecular complexity index is 1240. The molecule has 0 spiro atoms.